The Bertz CT molecular complexity index is 1410. The topological polar surface area (TPSA) is 86.8 Å². The number of halogens is 2. The molecule has 2 amide bonds. The molecule has 1 N–H and O–H groups in total. The molecular weight excluding hydrogens is 541 g/mol. The van der Waals surface area contributed by atoms with Crippen LogP contribution in [0.1, 0.15) is 37.0 Å². The Kier molecular flexibility index (Phi) is 10.1. The number of anilines is 1. The minimum atomic E-state index is -4.20. The molecule has 0 aliphatic rings. The smallest absolute Gasteiger partial charge is 0.264 e. The normalized spacial score (nSPS) is 12.1. The van der Waals surface area contributed by atoms with Crippen molar-refractivity contribution < 1.29 is 22.4 Å². The van der Waals surface area contributed by atoms with Crippen LogP contribution in [0.4, 0.5) is 10.1 Å². The van der Waals surface area contributed by atoms with Gasteiger partial charge in [-0.25, -0.2) is 12.8 Å². The molecule has 0 fully saturated rings. The lowest BCUT2D eigenvalue weighted by molar-refractivity contribution is -0.139. The highest BCUT2D eigenvalue weighted by Crippen LogP contribution is 2.30. The zero-order chi connectivity index (χ0) is 28.7. The number of rotatable bonds is 11. The molecule has 3 aromatic carbocycles. The maximum absolute atomic E-state index is 13.9. The van der Waals surface area contributed by atoms with Gasteiger partial charge in [-0.2, -0.15) is 0 Å². The van der Waals surface area contributed by atoms with Gasteiger partial charge >= 0.3 is 0 Å². The van der Waals surface area contributed by atoms with Crippen molar-refractivity contribution in [1.29, 1.82) is 0 Å². The summed E-state index contributed by atoms with van der Waals surface area (Å²) in [5, 5.41) is 3.09. The molecule has 0 bridgehead atoms. The van der Waals surface area contributed by atoms with Crippen LogP contribution in [0.15, 0.2) is 71.6 Å². The predicted molar refractivity (Wildman–Crippen MR) is 152 cm³/mol. The van der Waals surface area contributed by atoms with Gasteiger partial charge in [0.2, 0.25) is 11.8 Å². The summed E-state index contributed by atoms with van der Waals surface area (Å²) in [5.74, 6) is -1.41. The quantitative estimate of drug-likeness (QED) is 0.340. The van der Waals surface area contributed by atoms with E-state index in [1.165, 1.54) is 47.4 Å². The molecule has 0 unspecified atom stereocenters. The van der Waals surface area contributed by atoms with E-state index in [4.69, 9.17) is 11.6 Å². The number of hydrogen-bond acceptors (Lipinski definition) is 4. The molecule has 0 aromatic heterocycles. The number of carbonyl (C=O) groups is 2. The second kappa shape index (κ2) is 13.1. The Morgan fingerprint density at radius 1 is 1.00 bits per heavy atom. The molecule has 0 spiro atoms. The molecule has 3 rings (SSSR count). The average molecular weight is 574 g/mol. The number of aryl methyl sites for hydroxylation is 2. The molecule has 0 saturated carbocycles. The largest absolute Gasteiger partial charge is 0.354 e. The number of carbonyl (C=O) groups excluding carboxylic acids is 2. The predicted octanol–water partition coefficient (Wildman–Crippen LogP) is 5.23. The van der Waals surface area contributed by atoms with Gasteiger partial charge in [-0.15, -0.1) is 0 Å². The minimum absolute atomic E-state index is 0.0131. The van der Waals surface area contributed by atoms with Gasteiger partial charge in [-0.05, 0) is 74.7 Å². The second-order valence-corrected chi connectivity index (χ2v) is 11.7. The van der Waals surface area contributed by atoms with Crippen LogP contribution >= 0.6 is 11.6 Å². The third-order valence-electron chi connectivity index (χ3n) is 6.31. The highest BCUT2D eigenvalue weighted by Gasteiger charge is 2.33. The van der Waals surface area contributed by atoms with E-state index in [9.17, 15) is 22.4 Å². The molecule has 208 valence electrons. The average Bonchev–Trinajstić information content (AvgIpc) is 2.91. The van der Waals surface area contributed by atoms with Crippen molar-refractivity contribution >= 4 is 39.1 Å². The Balaban J connectivity index is 2.05. The van der Waals surface area contributed by atoms with Gasteiger partial charge in [-0.3, -0.25) is 13.9 Å². The maximum atomic E-state index is 13.9. The van der Waals surface area contributed by atoms with Crippen LogP contribution in [-0.4, -0.2) is 44.3 Å². The van der Waals surface area contributed by atoms with Gasteiger partial charge in [-0.1, -0.05) is 54.4 Å². The monoisotopic (exact) mass is 573 g/mol. The summed E-state index contributed by atoms with van der Waals surface area (Å²) >= 11 is 6.24. The lowest BCUT2D eigenvalue weighted by Crippen LogP contribution is -2.51. The fraction of sp³-hybridized carbons (Fsp3) is 0.310. The van der Waals surface area contributed by atoms with Gasteiger partial charge in [0.15, 0.2) is 0 Å². The highest BCUT2D eigenvalue weighted by atomic mass is 35.5. The van der Waals surface area contributed by atoms with E-state index in [0.29, 0.717) is 29.1 Å². The molecular formula is C29H33ClFN3O4S. The van der Waals surface area contributed by atoms with Crippen molar-refractivity contribution in [3.8, 4) is 0 Å². The standard InChI is InChI=1S/C29H33ClFN3O4S/c1-5-16-32-29(36)22(4)33(18-23-9-12-25(31)13-10-23)28(35)19-34(27-17-24(30)11-8-21(27)3)39(37,38)26-14-6-20(2)7-15-26/h6-15,17,22H,5,16,18-19H2,1-4H3,(H,32,36)/t22-/m1/s1. The maximum Gasteiger partial charge on any atom is 0.264 e. The third-order valence-corrected chi connectivity index (χ3v) is 8.32. The molecule has 7 nitrogen and oxygen atoms in total. The Morgan fingerprint density at radius 2 is 1.64 bits per heavy atom. The van der Waals surface area contributed by atoms with Crippen molar-refractivity contribution in [3.05, 3.63) is 94.3 Å². The number of sulfonamides is 1. The zero-order valence-corrected chi connectivity index (χ0v) is 24.0. The highest BCUT2D eigenvalue weighted by molar-refractivity contribution is 7.92. The van der Waals surface area contributed by atoms with Crippen LogP contribution in [0, 0.1) is 19.7 Å². The molecule has 3 aromatic rings. The first-order valence-electron chi connectivity index (χ1n) is 12.6. The van der Waals surface area contributed by atoms with Crippen molar-refractivity contribution in [2.45, 2.75) is 51.6 Å². The molecule has 0 radical (unpaired) electrons. The molecule has 1 atom stereocenters. The van der Waals surface area contributed by atoms with Crippen LogP contribution in [0.5, 0.6) is 0 Å². The Morgan fingerprint density at radius 3 is 2.26 bits per heavy atom. The summed E-state index contributed by atoms with van der Waals surface area (Å²) in [6.45, 7) is 6.89. The number of benzene rings is 3. The Labute approximate surface area is 234 Å². The van der Waals surface area contributed by atoms with Crippen molar-refractivity contribution in [2.75, 3.05) is 17.4 Å². The lowest BCUT2D eigenvalue weighted by Gasteiger charge is -2.32. The second-order valence-electron chi connectivity index (χ2n) is 9.37. The van der Waals surface area contributed by atoms with E-state index in [-0.39, 0.29) is 23.0 Å². The van der Waals surface area contributed by atoms with Crippen LogP contribution < -0.4 is 9.62 Å². The first kappa shape index (κ1) is 30.1. The molecule has 0 aliphatic carbocycles. The van der Waals surface area contributed by atoms with Crippen LogP contribution in [0.25, 0.3) is 0 Å². The van der Waals surface area contributed by atoms with Crippen LogP contribution in [0.3, 0.4) is 0 Å². The van der Waals surface area contributed by atoms with Crippen molar-refractivity contribution in [1.82, 2.24) is 10.2 Å². The summed E-state index contributed by atoms with van der Waals surface area (Å²) < 4.78 is 42.3. The first-order valence-corrected chi connectivity index (χ1v) is 14.4. The number of nitrogens with one attached hydrogen (secondary N) is 1. The SMILES string of the molecule is CCCNC(=O)[C@@H](C)N(Cc1ccc(F)cc1)C(=O)CN(c1cc(Cl)ccc1C)S(=O)(=O)c1ccc(C)cc1. The van der Waals surface area contributed by atoms with Crippen molar-refractivity contribution in [3.63, 3.8) is 0 Å². The van der Waals surface area contributed by atoms with E-state index in [1.54, 1.807) is 38.1 Å². The lowest BCUT2D eigenvalue weighted by atomic mass is 10.1. The molecule has 39 heavy (non-hydrogen) atoms. The fourth-order valence-corrected chi connectivity index (χ4v) is 5.60. The van der Waals surface area contributed by atoms with Gasteiger partial charge in [0.25, 0.3) is 10.0 Å². The number of amides is 2. The van der Waals surface area contributed by atoms with E-state index < -0.39 is 34.3 Å². The summed E-state index contributed by atoms with van der Waals surface area (Å²) in [6.07, 6.45) is 0.709. The summed E-state index contributed by atoms with van der Waals surface area (Å²) in [5.41, 5.74) is 2.32. The first-order chi connectivity index (χ1) is 18.4. The van der Waals surface area contributed by atoms with E-state index in [2.05, 4.69) is 5.32 Å². The van der Waals surface area contributed by atoms with Gasteiger partial charge in [0, 0.05) is 18.1 Å². The number of hydrogen-bond donors (Lipinski definition) is 1. The zero-order valence-electron chi connectivity index (χ0n) is 22.4. The van der Waals surface area contributed by atoms with E-state index >= 15 is 0 Å². The molecule has 0 saturated heterocycles. The molecule has 0 aliphatic heterocycles. The Hall–Kier alpha value is -3.43. The van der Waals surface area contributed by atoms with Crippen LogP contribution in [-0.2, 0) is 26.2 Å². The third kappa shape index (κ3) is 7.58. The summed E-state index contributed by atoms with van der Waals surface area (Å²) in [6, 6.07) is 15.8. The van der Waals surface area contributed by atoms with E-state index in [0.717, 1.165) is 9.87 Å². The molecule has 10 heteroatoms. The van der Waals surface area contributed by atoms with Gasteiger partial charge < -0.3 is 10.2 Å². The van der Waals surface area contributed by atoms with Crippen LogP contribution in [0.2, 0.25) is 5.02 Å². The van der Waals surface area contributed by atoms with E-state index in [1.807, 2.05) is 13.8 Å². The van der Waals surface area contributed by atoms with Crippen molar-refractivity contribution in [2.24, 2.45) is 0 Å². The minimum Gasteiger partial charge on any atom is -0.354 e. The summed E-state index contributed by atoms with van der Waals surface area (Å²) in [4.78, 5) is 28.1. The fourth-order valence-electron chi connectivity index (χ4n) is 3.97. The van der Waals surface area contributed by atoms with Gasteiger partial charge in [0.1, 0.15) is 18.4 Å². The van der Waals surface area contributed by atoms with Gasteiger partial charge in [0.05, 0.1) is 10.6 Å². The summed E-state index contributed by atoms with van der Waals surface area (Å²) in [7, 11) is -4.20. The molecule has 0 heterocycles. The number of nitrogens with zero attached hydrogens (tertiary/aromatic N) is 2.